The molecule has 8 nitrogen and oxygen atoms in total. The molecule has 0 saturated carbocycles. The van der Waals surface area contributed by atoms with Crippen LogP contribution < -0.4 is 0 Å². The maximum Gasteiger partial charge on any atom is 0.323 e. The minimum absolute atomic E-state index is 0.213. The van der Waals surface area contributed by atoms with Crippen LogP contribution in [0.15, 0.2) is 0 Å². The van der Waals surface area contributed by atoms with Crippen molar-refractivity contribution in [3.8, 4) is 0 Å². The second-order valence-corrected chi connectivity index (χ2v) is 4.48. The van der Waals surface area contributed by atoms with Gasteiger partial charge in [-0.2, -0.15) is 0 Å². The van der Waals surface area contributed by atoms with Crippen LogP contribution in [-0.4, -0.2) is 77.9 Å². The Bertz CT molecular complexity index is 343. The zero-order valence-corrected chi connectivity index (χ0v) is 10.7. The zero-order chi connectivity index (χ0) is 14.4. The highest BCUT2D eigenvalue weighted by Crippen LogP contribution is 2.17. The van der Waals surface area contributed by atoms with Crippen molar-refractivity contribution in [3.05, 3.63) is 0 Å². The van der Waals surface area contributed by atoms with E-state index in [9.17, 15) is 14.4 Å². The van der Waals surface area contributed by atoms with Gasteiger partial charge in [-0.15, -0.1) is 0 Å². The van der Waals surface area contributed by atoms with Crippen LogP contribution in [-0.2, 0) is 14.3 Å². The Morgan fingerprint density at radius 3 is 2.32 bits per heavy atom. The van der Waals surface area contributed by atoms with E-state index in [0.717, 1.165) is 11.3 Å². The molecule has 0 aromatic heterocycles. The van der Waals surface area contributed by atoms with Gasteiger partial charge in [-0.1, -0.05) is 0 Å². The standard InChI is InChI=1S/C11H18N2O6/c1-19-7-8-2-3-12(4-8)11(18)13(5-9(14)15)6-10(16)17/h8H,2-7H2,1H3,(H,14,15)(H,16,17). The van der Waals surface area contributed by atoms with E-state index >= 15 is 0 Å². The summed E-state index contributed by atoms with van der Waals surface area (Å²) in [5, 5.41) is 17.4. The quantitative estimate of drug-likeness (QED) is 0.679. The summed E-state index contributed by atoms with van der Waals surface area (Å²) in [5.41, 5.74) is 0. The SMILES string of the molecule is COCC1CCN(C(=O)N(CC(=O)O)CC(=O)O)C1. The molecule has 0 spiro atoms. The van der Waals surface area contributed by atoms with Gasteiger partial charge in [0, 0.05) is 26.1 Å². The number of nitrogens with zero attached hydrogens (tertiary/aromatic N) is 2. The average molecular weight is 274 g/mol. The van der Waals surface area contributed by atoms with Crippen molar-refractivity contribution in [2.45, 2.75) is 6.42 Å². The highest BCUT2D eigenvalue weighted by atomic mass is 16.5. The van der Waals surface area contributed by atoms with Crippen molar-refractivity contribution in [1.82, 2.24) is 9.80 Å². The van der Waals surface area contributed by atoms with Crippen molar-refractivity contribution >= 4 is 18.0 Å². The summed E-state index contributed by atoms with van der Waals surface area (Å²) in [5.74, 6) is -2.25. The molecule has 2 amide bonds. The van der Waals surface area contributed by atoms with Gasteiger partial charge < -0.3 is 24.7 Å². The first-order valence-corrected chi connectivity index (χ1v) is 5.90. The van der Waals surface area contributed by atoms with E-state index in [0.29, 0.717) is 19.7 Å². The van der Waals surface area contributed by atoms with Crippen LogP contribution in [0.3, 0.4) is 0 Å². The number of methoxy groups -OCH3 is 1. The number of aliphatic carboxylic acids is 2. The predicted molar refractivity (Wildman–Crippen MR) is 63.8 cm³/mol. The van der Waals surface area contributed by atoms with E-state index in [-0.39, 0.29) is 5.92 Å². The smallest absolute Gasteiger partial charge is 0.323 e. The first-order chi connectivity index (χ1) is 8.93. The second kappa shape index (κ2) is 6.93. The fraction of sp³-hybridized carbons (Fsp3) is 0.727. The number of urea groups is 1. The molecule has 1 heterocycles. The van der Waals surface area contributed by atoms with Gasteiger partial charge in [0.1, 0.15) is 13.1 Å². The van der Waals surface area contributed by atoms with Crippen molar-refractivity contribution in [2.75, 3.05) is 39.9 Å². The summed E-state index contributed by atoms with van der Waals surface area (Å²) >= 11 is 0. The first kappa shape index (κ1) is 15.2. The molecule has 0 aliphatic carbocycles. The van der Waals surface area contributed by atoms with Gasteiger partial charge >= 0.3 is 18.0 Å². The molecule has 0 aromatic carbocycles. The molecule has 0 aromatic rings. The Morgan fingerprint density at radius 1 is 1.26 bits per heavy atom. The van der Waals surface area contributed by atoms with Gasteiger partial charge in [-0.3, -0.25) is 9.59 Å². The highest BCUT2D eigenvalue weighted by molar-refractivity contribution is 5.84. The number of likely N-dealkylation sites (tertiary alicyclic amines) is 1. The topological polar surface area (TPSA) is 107 Å². The molecule has 1 aliphatic heterocycles. The largest absolute Gasteiger partial charge is 0.480 e. The molecular weight excluding hydrogens is 256 g/mol. The number of hydrogen-bond acceptors (Lipinski definition) is 4. The normalized spacial score (nSPS) is 18.4. The van der Waals surface area contributed by atoms with E-state index in [4.69, 9.17) is 14.9 Å². The molecule has 0 radical (unpaired) electrons. The monoisotopic (exact) mass is 274 g/mol. The molecule has 1 aliphatic rings. The van der Waals surface area contributed by atoms with Crippen LogP contribution in [0.2, 0.25) is 0 Å². The van der Waals surface area contributed by atoms with Gasteiger partial charge in [0.15, 0.2) is 0 Å². The fourth-order valence-electron chi connectivity index (χ4n) is 2.10. The van der Waals surface area contributed by atoms with Crippen molar-refractivity contribution in [1.29, 1.82) is 0 Å². The Labute approximate surface area is 110 Å². The Balaban J connectivity index is 2.61. The third-order valence-corrected chi connectivity index (χ3v) is 2.88. The predicted octanol–water partition coefficient (Wildman–Crippen LogP) is -0.454. The number of hydrogen-bond donors (Lipinski definition) is 2. The van der Waals surface area contributed by atoms with Crippen molar-refractivity contribution in [2.24, 2.45) is 5.92 Å². The minimum atomic E-state index is -1.23. The van der Waals surface area contributed by atoms with Gasteiger partial charge in [-0.25, -0.2) is 4.79 Å². The van der Waals surface area contributed by atoms with Crippen molar-refractivity contribution < 1.29 is 29.3 Å². The highest BCUT2D eigenvalue weighted by Gasteiger charge is 2.30. The lowest BCUT2D eigenvalue weighted by Gasteiger charge is -2.25. The average Bonchev–Trinajstić information content (AvgIpc) is 2.75. The molecule has 8 heteroatoms. The molecule has 1 saturated heterocycles. The molecule has 1 atom stereocenters. The number of rotatable bonds is 6. The summed E-state index contributed by atoms with van der Waals surface area (Å²) in [6, 6.07) is -0.552. The lowest BCUT2D eigenvalue weighted by atomic mass is 10.1. The number of carbonyl (C=O) groups excluding carboxylic acids is 1. The van der Waals surface area contributed by atoms with Crippen LogP contribution in [0, 0.1) is 5.92 Å². The summed E-state index contributed by atoms with van der Waals surface area (Å²) in [6.07, 6.45) is 0.771. The van der Waals surface area contributed by atoms with Crippen LogP contribution in [0.4, 0.5) is 4.79 Å². The summed E-state index contributed by atoms with van der Waals surface area (Å²) < 4.78 is 5.00. The van der Waals surface area contributed by atoms with Gasteiger partial charge in [-0.05, 0) is 6.42 Å². The van der Waals surface area contributed by atoms with E-state index in [1.807, 2.05) is 0 Å². The molecular formula is C11H18N2O6. The minimum Gasteiger partial charge on any atom is -0.480 e. The van der Waals surface area contributed by atoms with Gasteiger partial charge in [0.05, 0.1) is 6.61 Å². The maximum atomic E-state index is 12.1. The van der Waals surface area contributed by atoms with Crippen molar-refractivity contribution in [3.63, 3.8) is 0 Å². The van der Waals surface area contributed by atoms with E-state index in [1.165, 1.54) is 4.90 Å². The van der Waals surface area contributed by atoms with Crippen LogP contribution in [0.25, 0.3) is 0 Å². The maximum absolute atomic E-state index is 12.1. The first-order valence-electron chi connectivity index (χ1n) is 5.90. The van der Waals surface area contributed by atoms with E-state index in [2.05, 4.69) is 0 Å². The van der Waals surface area contributed by atoms with Gasteiger partial charge in [0.25, 0.3) is 0 Å². The molecule has 19 heavy (non-hydrogen) atoms. The zero-order valence-electron chi connectivity index (χ0n) is 10.7. The number of carboxylic acid groups (broad SMARTS) is 2. The number of carbonyl (C=O) groups is 3. The molecule has 2 N–H and O–H groups in total. The summed E-state index contributed by atoms with van der Waals surface area (Å²) in [7, 11) is 1.58. The van der Waals surface area contributed by atoms with E-state index in [1.54, 1.807) is 7.11 Å². The summed E-state index contributed by atoms with van der Waals surface area (Å²) in [6.45, 7) is 0.250. The molecule has 0 bridgehead atoms. The van der Waals surface area contributed by atoms with Crippen LogP contribution in [0.5, 0.6) is 0 Å². The number of carboxylic acids is 2. The molecule has 1 unspecified atom stereocenters. The number of ether oxygens (including phenoxy) is 1. The molecule has 1 fully saturated rings. The number of amides is 2. The summed E-state index contributed by atoms with van der Waals surface area (Å²) in [4.78, 5) is 35.6. The lowest BCUT2D eigenvalue weighted by molar-refractivity contribution is -0.140. The molecule has 1 rings (SSSR count). The second-order valence-electron chi connectivity index (χ2n) is 4.48. The van der Waals surface area contributed by atoms with Crippen LogP contribution >= 0.6 is 0 Å². The molecule has 108 valence electrons. The van der Waals surface area contributed by atoms with E-state index < -0.39 is 31.1 Å². The fourth-order valence-corrected chi connectivity index (χ4v) is 2.10. The lowest BCUT2D eigenvalue weighted by Crippen LogP contribution is -2.46. The third kappa shape index (κ3) is 4.74. The Kier molecular flexibility index (Phi) is 5.56. The van der Waals surface area contributed by atoms with Gasteiger partial charge in [0.2, 0.25) is 0 Å². The Hall–Kier alpha value is -1.83. The van der Waals surface area contributed by atoms with Crippen LogP contribution in [0.1, 0.15) is 6.42 Å². The third-order valence-electron chi connectivity index (χ3n) is 2.88. The Morgan fingerprint density at radius 2 is 1.84 bits per heavy atom.